The van der Waals surface area contributed by atoms with E-state index in [0.29, 0.717) is 5.82 Å². The summed E-state index contributed by atoms with van der Waals surface area (Å²) in [7, 11) is 0. The second-order valence-electron chi connectivity index (χ2n) is 2.74. The van der Waals surface area contributed by atoms with Crippen molar-refractivity contribution in [3.05, 3.63) is 36.9 Å². The Bertz CT molecular complexity index is 440. The van der Waals surface area contributed by atoms with Crippen molar-refractivity contribution in [1.29, 1.82) is 0 Å². The van der Waals surface area contributed by atoms with Crippen LogP contribution in [0.4, 0.5) is 16.4 Å². The molecule has 0 fully saturated rings. The van der Waals surface area contributed by atoms with Crippen LogP contribution in [-0.4, -0.2) is 26.2 Å². The molecular formula is C9H8N4O2. The van der Waals surface area contributed by atoms with E-state index in [4.69, 9.17) is 5.11 Å². The predicted octanol–water partition coefficient (Wildman–Crippen LogP) is 1.62. The number of rotatable bonds is 2. The van der Waals surface area contributed by atoms with E-state index >= 15 is 0 Å². The first-order valence-corrected chi connectivity index (χ1v) is 4.21. The van der Waals surface area contributed by atoms with E-state index in [1.54, 1.807) is 18.3 Å². The summed E-state index contributed by atoms with van der Waals surface area (Å²) in [6, 6.07) is 3.35. The second-order valence-corrected chi connectivity index (χ2v) is 2.74. The van der Waals surface area contributed by atoms with Crippen LogP contribution in [0.3, 0.4) is 0 Å². The Labute approximate surface area is 85.2 Å². The summed E-state index contributed by atoms with van der Waals surface area (Å²) in [5.74, 6) is 0.690. The van der Waals surface area contributed by atoms with Crippen LogP contribution < -0.4 is 4.90 Å². The molecule has 6 nitrogen and oxygen atoms in total. The summed E-state index contributed by atoms with van der Waals surface area (Å²) in [6.07, 6.45) is 4.83. The molecule has 0 bridgehead atoms. The monoisotopic (exact) mass is 204 g/mol. The molecule has 2 heterocycles. The summed E-state index contributed by atoms with van der Waals surface area (Å²) >= 11 is 0. The van der Waals surface area contributed by atoms with Crippen molar-refractivity contribution in [2.45, 2.75) is 0 Å². The largest absolute Gasteiger partial charge is 0.464 e. The number of carboxylic acid groups (broad SMARTS) is 1. The van der Waals surface area contributed by atoms with Crippen molar-refractivity contribution in [2.75, 3.05) is 4.90 Å². The minimum atomic E-state index is -1.11. The lowest BCUT2D eigenvalue weighted by Crippen LogP contribution is -2.24. The molecule has 2 aromatic heterocycles. The first kappa shape index (κ1) is 9.20. The van der Waals surface area contributed by atoms with Crippen LogP contribution in [-0.2, 0) is 0 Å². The molecular weight excluding hydrogens is 196 g/mol. The molecule has 2 N–H and O–H groups in total. The number of anilines is 2. The van der Waals surface area contributed by atoms with Gasteiger partial charge in [0.25, 0.3) is 0 Å². The number of aromatic amines is 1. The topological polar surface area (TPSA) is 82.1 Å². The van der Waals surface area contributed by atoms with Crippen LogP contribution in [0.25, 0.3) is 0 Å². The van der Waals surface area contributed by atoms with Gasteiger partial charge in [0.1, 0.15) is 5.82 Å². The lowest BCUT2D eigenvalue weighted by atomic mass is 10.5. The summed E-state index contributed by atoms with van der Waals surface area (Å²) in [4.78, 5) is 22.6. The average molecular weight is 204 g/mol. The minimum absolute atomic E-state index is 0.257. The van der Waals surface area contributed by atoms with E-state index in [0.717, 1.165) is 4.90 Å². The SMILES string of the molecule is O=C(O)N(c1cnccn1)c1ccc[nH]1. The molecule has 2 rings (SSSR count). The molecule has 0 aliphatic carbocycles. The number of nitrogens with zero attached hydrogens (tertiary/aromatic N) is 3. The fourth-order valence-electron chi connectivity index (χ4n) is 1.19. The van der Waals surface area contributed by atoms with Crippen molar-refractivity contribution in [3.8, 4) is 0 Å². The Morgan fingerprint density at radius 1 is 1.47 bits per heavy atom. The molecule has 0 radical (unpaired) electrons. The molecule has 0 atom stereocenters. The highest BCUT2D eigenvalue weighted by Gasteiger charge is 2.18. The minimum Gasteiger partial charge on any atom is -0.464 e. The Morgan fingerprint density at radius 2 is 2.33 bits per heavy atom. The molecule has 0 spiro atoms. The number of carbonyl (C=O) groups is 1. The fourth-order valence-corrected chi connectivity index (χ4v) is 1.19. The smallest absolute Gasteiger partial charge is 0.418 e. The van der Waals surface area contributed by atoms with Crippen LogP contribution in [0.5, 0.6) is 0 Å². The molecule has 1 amide bonds. The van der Waals surface area contributed by atoms with Gasteiger partial charge in [0.2, 0.25) is 0 Å². The quantitative estimate of drug-likeness (QED) is 0.778. The molecule has 6 heteroatoms. The van der Waals surface area contributed by atoms with Crippen LogP contribution in [0, 0.1) is 0 Å². The van der Waals surface area contributed by atoms with Gasteiger partial charge in [0.15, 0.2) is 5.82 Å². The number of amides is 1. The Balaban J connectivity index is 2.42. The highest BCUT2D eigenvalue weighted by Crippen LogP contribution is 2.20. The lowest BCUT2D eigenvalue weighted by Gasteiger charge is -2.15. The highest BCUT2D eigenvalue weighted by atomic mass is 16.4. The molecule has 76 valence electrons. The predicted molar refractivity (Wildman–Crippen MR) is 53.0 cm³/mol. The van der Waals surface area contributed by atoms with Gasteiger partial charge in [-0.05, 0) is 12.1 Å². The Morgan fingerprint density at radius 3 is 2.87 bits per heavy atom. The van der Waals surface area contributed by atoms with Gasteiger partial charge < -0.3 is 10.1 Å². The molecule has 15 heavy (non-hydrogen) atoms. The van der Waals surface area contributed by atoms with Gasteiger partial charge in [-0.3, -0.25) is 4.98 Å². The molecule has 0 unspecified atom stereocenters. The standard InChI is InChI=1S/C9H8N4O2/c14-9(15)13(7-2-1-3-11-7)8-6-10-4-5-12-8/h1-6,11H,(H,14,15). The normalized spacial score (nSPS) is 9.87. The number of aromatic nitrogens is 3. The Hall–Kier alpha value is -2.37. The average Bonchev–Trinajstić information content (AvgIpc) is 2.72. The molecule has 0 saturated heterocycles. The lowest BCUT2D eigenvalue weighted by molar-refractivity contribution is 0.204. The van der Waals surface area contributed by atoms with Crippen LogP contribution in [0.1, 0.15) is 0 Å². The van der Waals surface area contributed by atoms with Crippen LogP contribution in [0.2, 0.25) is 0 Å². The van der Waals surface area contributed by atoms with Gasteiger partial charge in [-0.1, -0.05) is 0 Å². The maximum absolute atomic E-state index is 11.0. The van der Waals surface area contributed by atoms with E-state index in [-0.39, 0.29) is 5.82 Å². The zero-order chi connectivity index (χ0) is 10.7. The van der Waals surface area contributed by atoms with E-state index in [1.165, 1.54) is 18.6 Å². The molecule has 2 aromatic rings. The number of H-pyrrole nitrogens is 1. The van der Waals surface area contributed by atoms with E-state index in [9.17, 15) is 4.79 Å². The summed E-state index contributed by atoms with van der Waals surface area (Å²) < 4.78 is 0. The summed E-state index contributed by atoms with van der Waals surface area (Å²) in [5.41, 5.74) is 0. The van der Waals surface area contributed by atoms with Crippen LogP contribution >= 0.6 is 0 Å². The molecule has 0 aromatic carbocycles. The third-order valence-corrected chi connectivity index (χ3v) is 1.79. The first-order valence-electron chi connectivity index (χ1n) is 4.21. The zero-order valence-corrected chi connectivity index (χ0v) is 7.66. The fraction of sp³-hybridized carbons (Fsp3) is 0. The van der Waals surface area contributed by atoms with Gasteiger partial charge in [0, 0.05) is 18.6 Å². The third-order valence-electron chi connectivity index (χ3n) is 1.79. The van der Waals surface area contributed by atoms with Gasteiger partial charge in [-0.2, -0.15) is 0 Å². The highest BCUT2D eigenvalue weighted by molar-refractivity contribution is 5.92. The van der Waals surface area contributed by atoms with Gasteiger partial charge in [-0.25, -0.2) is 14.7 Å². The molecule has 0 aliphatic heterocycles. The summed E-state index contributed by atoms with van der Waals surface area (Å²) in [6.45, 7) is 0. The number of hydrogen-bond donors (Lipinski definition) is 2. The van der Waals surface area contributed by atoms with Gasteiger partial charge in [0.05, 0.1) is 6.20 Å². The van der Waals surface area contributed by atoms with Gasteiger partial charge in [-0.15, -0.1) is 0 Å². The van der Waals surface area contributed by atoms with Crippen molar-refractivity contribution in [2.24, 2.45) is 0 Å². The van der Waals surface area contributed by atoms with E-state index < -0.39 is 6.09 Å². The second kappa shape index (κ2) is 3.79. The van der Waals surface area contributed by atoms with Crippen molar-refractivity contribution in [1.82, 2.24) is 15.0 Å². The molecule has 0 saturated carbocycles. The van der Waals surface area contributed by atoms with Crippen LogP contribution in [0.15, 0.2) is 36.9 Å². The number of hydrogen-bond acceptors (Lipinski definition) is 3. The maximum atomic E-state index is 11.0. The number of nitrogens with one attached hydrogen (secondary N) is 1. The third kappa shape index (κ3) is 1.78. The first-order chi connectivity index (χ1) is 7.29. The zero-order valence-electron chi connectivity index (χ0n) is 7.66. The van der Waals surface area contributed by atoms with Crippen molar-refractivity contribution in [3.63, 3.8) is 0 Å². The summed E-state index contributed by atoms with van der Waals surface area (Å²) in [5, 5.41) is 9.04. The van der Waals surface area contributed by atoms with E-state index in [1.807, 2.05) is 0 Å². The van der Waals surface area contributed by atoms with Crippen molar-refractivity contribution >= 4 is 17.7 Å². The maximum Gasteiger partial charge on any atom is 0.418 e. The van der Waals surface area contributed by atoms with Crippen molar-refractivity contribution < 1.29 is 9.90 Å². The van der Waals surface area contributed by atoms with E-state index in [2.05, 4.69) is 15.0 Å². The van der Waals surface area contributed by atoms with Gasteiger partial charge >= 0.3 is 6.09 Å². The Kier molecular flexibility index (Phi) is 2.32. The molecule has 0 aliphatic rings.